The predicted octanol–water partition coefficient (Wildman–Crippen LogP) is 4.48. The molecule has 21 heavy (non-hydrogen) atoms. The lowest BCUT2D eigenvalue weighted by atomic mass is 9.81. The number of hydrogen-bond donors (Lipinski definition) is 1. The van der Waals surface area contributed by atoms with Crippen molar-refractivity contribution in [3.8, 4) is 0 Å². The van der Waals surface area contributed by atoms with Crippen LogP contribution in [0.15, 0.2) is 6.07 Å². The summed E-state index contributed by atoms with van der Waals surface area (Å²) in [6.07, 6.45) is 6.40. The Kier molecular flexibility index (Phi) is 3.96. The molecular weight excluding hydrogens is 278 g/mol. The van der Waals surface area contributed by atoms with Crippen molar-refractivity contribution in [2.45, 2.75) is 77.0 Å². The summed E-state index contributed by atoms with van der Waals surface area (Å²) in [6.45, 7) is 8.95. The van der Waals surface area contributed by atoms with Gasteiger partial charge in [-0.05, 0) is 78.5 Å². The zero-order chi connectivity index (χ0) is 15.3. The highest BCUT2D eigenvalue weighted by molar-refractivity contribution is 7.12. The molecule has 118 valence electrons. The minimum Gasteiger partial charge on any atom is -0.369 e. The van der Waals surface area contributed by atoms with Gasteiger partial charge in [0.05, 0.1) is 11.2 Å². The van der Waals surface area contributed by atoms with E-state index in [1.165, 1.54) is 30.6 Å². The van der Waals surface area contributed by atoms with E-state index in [0.29, 0.717) is 12.0 Å². The van der Waals surface area contributed by atoms with Crippen LogP contribution in [-0.4, -0.2) is 18.2 Å². The first kappa shape index (κ1) is 15.5. The summed E-state index contributed by atoms with van der Waals surface area (Å²) in [7, 11) is 2.10. The minimum atomic E-state index is -0.0678. The van der Waals surface area contributed by atoms with Crippen LogP contribution in [0.25, 0.3) is 0 Å². The van der Waals surface area contributed by atoms with Gasteiger partial charge in [0.2, 0.25) is 0 Å². The molecule has 1 aliphatic heterocycles. The summed E-state index contributed by atoms with van der Waals surface area (Å²) in [5.41, 5.74) is 1.53. The third kappa shape index (κ3) is 2.93. The van der Waals surface area contributed by atoms with Gasteiger partial charge >= 0.3 is 0 Å². The summed E-state index contributed by atoms with van der Waals surface area (Å²) in [4.78, 5) is 3.15. The maximum Gasteiger partial charge on any atom is 0.0681 e. The normalized spacial score (nSPS) is 28.3. The van der Waals surface area contributed by atoms with Gasteiger partial charge in [-0.3, -0.25) is 0 Å². The molecule has 2 aliphatic rings. The smallest absolute Gasteiger partial charge is 0.0681 e. The highest BCUT2D eigenvalue weighted by Gasteiger charge is 2.49. The van der Waals surface area contributed by atoms with E-state index in [1.54, 1.807) is 10.4 Å². The second kappa shape index (κ2) is 5.36. The van der Waals surface area contributed by atoms with E-state index in [1.807, 2.05) is 11.3 Å². The molecule has 1 aromatic heterocycles. The predicted molar refractivity (Wildman–Crippen MR) is 90.1 cm³/mol. The van der Waals surface area contributed by atoms with Crippen molar-refractivity contribution in [3.05, 3.63) is 21.4 Å². The van der Waals surface area contributed by atoms with E-state index in [4.69, 9.17) is 4.74 Å². The molecular formula is C18H29NOS. The third-order valence-corrected chi connectivity index (χ3v) is 6.50. The first-order chi connectivity index (χ1) is 9.82. The molecule has 2 heterocycles. The Morgan fingerprint density at radius 3 is 2.52 bits per heavy atom. The Bertz CT molecular complexity index is 494. The van der Waals surface area contributed by atoms with E-state index in [0.717, 1.165) is 6.42 Å². The lowest BCUT2D eigenvalue weighted by Crippen LogP contribution is -2.36. The number of nitrogens with one attached hydrogen (secondary N) is 1. The Labute approximate surface area is 133 Å². The van der Waals surface area contributed by atoms with Crippen LogP contribution in [0.3, 0.4) is 0 Å². The summed E-state index contributed by atoms with van der Waals surface area (Å²) in [6, 6.07) is 2.89. The lowest BCUT2D eigenvalue weighted by Gasteiger charge is -2.32. The average Bonchev–Trinajstić information content (AvgIpc) is 2.88. The molecule has 1 N–H and O–H groups in total. The van der Waals surface area contributed by atoms with Crippen molar-refractivity contribution < 1.29 is 4.74 Å². The van der Waals surface area contributed by atoms with Crippen LogP contribution in [0.2, 0.25) is 0 Å². The van der Waals surface area contributed by atoms with Gasteiger partial charge < -0.3 is 10.1 Å². The molecule has 0 amide bonds. The van der Waals surface area contributed by atoms with Gasteiger partial charge in [0.25, 0.3) is 0 Å². The third-order valence-electron chi connectivity index (χ3n) is 5.18. The summed E-state index contributed by atoms with van der Waals surface area (Å²) >= 11 is 2.04. The lowest BCUT2D eigenvalue weighted by molar-refractivity contribution is -0.0775. The maximum atomic E-state index is 6.32. The molecule has 1 saturated heterocycles. The van der Waals surface area contributed by atoms with E-state index < -0.39 is 0 Å². The van der Waals surface area contributed by atoms with Crippen LogP contribution < -0.4 is 5.32 Å². The van der Waals surface area contributed by atoms with E-state index in [-0.39, 0.29) is 11.2 Å². The molecule has 2 unspecified atom stereocenters. The fraction of sp³-hybridized carbons (Fsp3) is 0.778. The average molecular weight is 308 g/mol. The quantitative estimate of drug-likeness (QED) is 0.889. The second-order valence-electron chi connectivity index (χ2n) is 7.85. The number of fused-ring (bicyclic) bond motifs is 1. The van der Waals surface area contributed by atoms with Crippen LogP contribution in [-0.2, 0) is 17.6 Å². The molecule has 2 atom stereocenters. The van der Waals surface area contributed by atoms with Gasteiger partial charge in [-0.25, -0.2) is 0 Å². The van der Waals surface area contributed by atoms with Crippen molar-refractivity contribution in [1.29, 1.82) is 0 Å². The molecule has 1 aromatic rings. The zero-order valence-corrected chi connectivity index (χ0v) is 14.9. The first-order valence-electron chi connectivity index (χ1n) is 8.31. The molecule has 2 nitrogen and oxygen atoms in total. The fourth-order valence-corrected chi connectivity index (χ4v) is 5.77. The molecule has 0 aromatic carbocycles. The van der Waals surface area contributed by atoms with Crippen molar-refractivity contribution in [1.82, 2.24) is 5.32 Å². The minimum absolute atomic E-state index is 0.0137. The largest absolute Gasteiger partial charge is 0.369 e. The van der Waals surface area contributed by atoms with Gasteiger partial charge in [0, 0.05) is 21.7 Å². The van der Waals surface area contributed by atoms with Crippen molar-refractivity contribution in [2.24, 2.45) is 5.92 Å². The highest BCUT2D eigenvalue weighted by atomic mass is 32.1. The molecule has 1 fully saturated rings. The Hall–Kier alpha value is -0.380. The summed E-state index contributed by atoms with van der Waals surface area (Å²) in [5, 5.41) is 3.59. The highest BCUT2D eigenvalue weighted by Crippen LogP contribution is 2.49. The van der Waals surface area contributed by atoms with Gasteiger partial charge in [0.1, 0.15) is 0 Å². The zero-order valence-electron chi connectivity index (χ0n) is 14.1. The number of hydrogen-bond acceptors (Lipinski definition) is 3. The monoisotopic (exact) mass is 307 g/mol. The summed E-state index contributed by atoms with van der Waals surface area (Å²) in [5.74, 6) is 0.526. The Balaban J connectivity index is 1.90. The topological polar surface area (TPSA) is 21.3 Å². The summed E-state index contributed by atoms with van der Waals surface area (Å²) < 4.78 is 6.32. The SMILES string of the molecule is CNC(c1cc2c(s1)CCCC2)C1CC(C)(C)OC1(C)C. The van der Waals surface area contributed by atoms with Crippen LogP contribution in [0.4, 0.5) is 0 Å². The molecule has 3 heteroatoms. The standard InChI is InChI=1S/C18H29NOS/c1-17(2)11-13(18(3,4)20-17)16(19-5)15-10-12-8-6-7-9-14(12)21-15/h10,13,16,19H,6-9,11H2,1-5H3. The molecule has 3 rings (SSSR count). The van der Waals surface area contributed by atoms with Crippen LogP contribution >= 0.6 is 11.3 Å². The number of aryl methyl sites for hydroxylation is 2. The number of ether oxygens (including phenoxy) is 1. The van der Waals surface area contributed by atoms with E-state index >= 15 is 0 Å². The molecule has 0 radical (unpaired) electrons. The number of rotatable bonds is 3. The van der Waals surface area contributed by atoms with Crippen molar-refractivity contribution in [3.63, 3.8) is 0 Å². The van der Waals surface area contributed by atoms with Gasteiger partial charge in [-0.1, -0.05) is 0 Å². The van der Waals surface area contributed by atoms with E-state index in [9.17, 15) is 0 Å². The Morgan fingerprint density at radius 1 is 1.24 bits per heavy atom. The van der Waals surface area contributed by atoms with Gasteiger partial charge in [0.15, 0.2) is 0 Å². The van der Waals surface area contributed by atoms with Crippen LogP contribution in [0.1, 0.15) is 68.3 Å². The maximum absolute atomic E-state index is 6.32. The van der Waals surface area contributed by atoms with Crippen LogP contribution in [0, 0.1) is 5.92 Å². The molecule has 0 spiro atoms. The number of thiophene rings is 1. The van der Waals surface area contributed by atoms with E-state index in [2.05, 4.69) is 46.1 Å². The van der Waals surface area contributed by atoms with Crippen molar-refractivity contribution in [2.75, 3.05) is 7.05 Å². The van der Waals surface area contributed by atoms with Crippen LogP contribution in [0.5, 0.6) is 0 Å². The van der Waals surface area contributed by atoms with Crippen molar-refractivity contribution >= 4 is 11.3 Å². The van der Waals surface area contributed by atoms with Gasteiger partial charge in [-0.2, -0.15) is 0 Å². The first-order valence-corrected chi connectivity index (χ1v) is 9.13. The van der Waals surface area contributed by atoms with Gasteiger partial charge in [-0.15, -0.1) is 11.3 Å². The fourth-order valence-electron chi connectivity index (χ4n) is 4.33. The Morgan fingerprint density at radius 2 is 1.95 bits per heavy atom. The molecule has 1 aliphatic carbocycles. The molecule has 0 saturated carbocycles. The second-order valence-corrected chi connectivity index (χ2v) is 9.01. The molecule has 0 bridgehead atoms.